The van der Waals surface area contributed by atoms with Gasteiger partial charge in [0.2, 0.25) is 0 Å². The van der Waals surface area contributed by atoms with Crippen molar-refractivity contribution in [3.63, 3.8) is 0 Å². The van der Waals surface area contributed by atoms with Crippen molar-refractivity contribution in [3.05, 3.63) is 0 Å². The molecule has 0 saturated carbocycles. The topological polar surface area (TPSA) is 21.6 Å². The van der Waals surface area contributed by atoms with Crippen LogP contribution in [0.4, 0.5) is 0 Å². The van der Waals surface area contributed by atoms with E-state index >= 15 is 0 Å². The van der Waals surface area contributed by atoms with E-state index in [9.17, 15) is 0 Å². The van der Waals surface area contributed by atoms with Gasteiger partial charge < -0.3 is 4.43 Å². The second-order valence-electron chi connectivity index (χ2n) is 3.23. The van der Waals surface area contributed by atoms with Crippen LogP contribution >= 0.6 is 0 Å². The van der Waals surface area contributed by atoms with Gasteiger partial charge in [0.25, 0.3) is 0 Å². The standard InChI is InChI=1S/C8H19NOSi/c1-5-9-7-6-8-11(3,4)10-2/h5H,6-8H2,1-4H3/b9-5-. The SMILES string of the molecule is C/C=N\CCC[Si](C)(C)OC. The minimum atomic E-state index is -1.30. The lowest BCUT2D eigenvalue weighted by atomic mass is 10.5. The highest BCUT2D eigenvalue weighted by Crippen LogP contribution is 2.11. The normalized spacial score (nSPS) is 12.7. The van der Waals surface area contributed by atoms with Crippen molar-refractivity contribution in [3.8, 4) is 0 Å². The maximum Gasteiger partial charge on any atom is 0.186 e. The molecule has 0 saturated heterocycles. The second-order valence-corrected chi connectivity index (χ2v) is 7.66. The Morgan fingerprint density at radius 2 is 2.09 bits per heavy atom. The first-order chi connectivity index (χ1) is 5.12. The summed E-state index contributed by atoms with van der Waals surface area (Å²) in [5.41, 5.74) is 0. The van der Waals surface area contributed by atoms with E-state index in [-0.39, 0.29) is 0 Å². The van der Waals surface area contributed by atoms with Gasteiger partial charge in [-0.2, -0.15) is 0 Å². The Morgan fingerprint density at radius 3 is 2.55 bits per heavy atom. The smallest absolute Gasteiger partial charge is 0.186 e. The van der Waals surface area contributed by atoms with Crippen LogP contribution in [0, 0.1) is 0 Å². The highest BCUT2D eigenvalue weighted by Gasteiger charge is 2.18. The van der Waals surface area contributed by atoms with Gasteiger partial charge in [-0.25, -0.2) is 0 Å². The molecule has 0 amide bonds. The number of aliphatic imine (C=N–C) groups is 1. The molecule has 0 heterocycles. The van der Waals surface area contributed by atoms with Crippen molar-refractivity contribution >= 4 is 14.5 Å². The Hall–Kier alpha value is -0.153. The number of nitrogens with zero attached hydrogens (tertiary/aromatic N) is 1. The first-order valence-corrected chi connectivity index (χ1v) is 7.23. The quantitative estimate of drug-likeness (QED) is 0.355. The van der Waals surface area contributed by atoms with Gasteiger partial charge in [0.1, 0.15) is 0 Å². The van der Waals surface area contributed by atoms with Crippen molar-refractivity contribution < 1.29 is 4.43 Å². The summed E-state index contributed by atoms with van der Waals surface area (Å²) in [5.74, 6) is 0. The minimum Gasteiger partial charge on any atom is -0.420 e. The van der Waals surface area contributed by atoms with Crippen LogP contribution in [-0.2, 0) is 4.43 Å². The lowest BCUT2D eigenvalue weighted by molar-refractivity contribution is 0.402. The Labute approximate surface area is 70.8 Å². The Balaban J connectivity index is 3.37. The molecule has 0 spiro atoms. The van der Waals surface area contributed by atoms with Crippen LogP contribution in [0.15, 0.2) is 4.99 Å². The van der Waals surface area contributed by atoms with Crippen LogP contribution in [-0.4, -0.2) is 28.2 Å². The second kappa shape index (κ2) is 5.49. The molecule has 0 aromatic carbocycles. The van der Waals surface area contributed by atoms with E-state index in [0.29, 0.717) is 0 Å². The zero-order valence-corrected chi connectivity index (χ0v) is 9.05. The van der Waals surface area contributed by atoms with E-state index in [4.69, 9.17) is 4.43 Å². The Bertz CT molecular complexity index is 123. The molecule has 0 atom stereocenters. The van der Waals surface area contributed by atoms with Gasteiger partial charge in [0.05, 0.1) is 0 Å². The fraction of sp³-hybridized carbons (Fsp3) is 0.875. The highest BCUT2D eigenvalue weighted by atomic mass is 28.4. The van der Waals surface area contributed by atoms with Gasteiger partial charge in [-0.1, -0.05) is 0 Å². The summed E-state index contributed by atoms with van der Waals surface area (Å²) in [7, 11) is 0.514. The summed E-state index contributed by atoms with van der Waals surface area (Å²) in [4.78, 5) is 4.15. The molecule has 3 heteroatoms. The van der Waals surface area contributed by atoms with Crippen molar-refractivity contribution in [1.29, 1.82) is 0 Å². The van der Waals surface area contributed by atoms with Gasteiger partial charge in [-0.05, 0) is 38.7 Å². The van der Waals surface area contributed by atoms with Crippen LogP contribution < -0.4 is 0 Å². The summed E-state index contributed by atoms with van der Waals surface area (Å²) in [6, 6.07) is 1.21. The summed E-state index contributed by atoms with van der Waals surface area (Å²) in [6.07, 6.45) is 3.03. The van der Waals surface area contributed by atoms with E-state index in [1.807, 2.05) is 20.2 Å². The maximum absolute atomic E-state index is 5.40. The van der Waals surface area contributed by atoms with Crippen molar-refractivity contribution in [2.75, 3.05) is 13.7 Å². The van der Waals surface area contributed by atoms with Crippen LogP contribution in [0.25, 0.3) is 0 Å². The van der Waals surface area contributed by atoms with Crippen LogP contribution in [0.5, 0.6) is 0 Å². The number of hydrogen-bond acceptors (Lipinski definition) is 2. The molecule has 0 aliphatic heterocycles. The molecule has 0 fully saturated rings. The molecule has 0 unspecified atom stereocenters. The molecule has 0 radical (unpaired) electrons. The third kappa shape index (κ3) is 6.25. The van der Waals surface area contributed by atoms with E-state index in [0.717, 1.165) is 13.0 Å². The molecule has 0 bridgehead atoms. The molecule has 0 aliphatic rings. The molecular formula is C8H19NOSi. The Kier molecular flexibility index (Phi) is 5.41. The average molecular weight is 173 g/mol. The van der Waals surface area contributed by atoms with Crippen LogP contribution in [0.2, 0.25) is 19.1 Å². The van der Waals surface area contributed by atoms with Crippen LogP contribution in [0.1, 0.15) is 13.3 Å². The van der Waals surface area contributed by atoms with Crippen molar-refractivity contribution in [2.45, 2.75) is 32.5 Å². The molecule has 0 aromatic rings. The first-order valence-electron chi connectivity index (χ1n) is 4.12. The maximum atomic E-state index is 5.40. The predicted molar refractivity (Wildman–Crippen MR) is 52.9 cm³/mol. The lowest BCUT2D eigenvalue weighted by Gasteiger charge is -2.18. The highest BCUT2D eigenvalue weighted by molar-refractivity contribution is 6.71. The summed E-state index contributed by atoms with van der Waals surface area (Å²) < 4.78 is 5.40. The molecule has 0 aromatic heterocycles. The summed E-state index contributed by atoms with van der Waals surface area (Å²) in [5, 5.41) is 0. The van der Waals surface area contributed by atoms with Crippen LogP contribution in [0.3, 0.4) is 0 Å². The van der Waals surface area contributed by atoms with Gasteiger partial charge in [0, 0.05) is 13.7 Å². The average Bonchev–Trinajstić information content (AvgIpc) is 1.99. The summed E-state index contributed by atoms with van der Waals surface area (Å²) >= 11 is 0. The van der Waals surface area contributed by atoms with E-state index < -0.39 is 8.32 Å². The monoisotopic (exact) mass is 173 g/mol. The molecule has 2 nitrogen and oxygen atoms in total. The molecule has 0 rings (SSSR count). The number of hydrogen-bond donors (Lipinski definition) is 0. The molecule has 0 aliphatic carbocycles. The zero-order valence-electron chi connectivity index (χ0n) is 8.05. The van der Waals surface area contributed by atoms with Gasteiger partial charge >= 0.3 is 0 Å². The lowest BCUT2D eigenvalue weighted by Crippen LogP contribution is -2.28. The number of rotatable bonds is 5. The predicted octanol–water partition coefficient (Wildman–Crippen LogP) is 2.32. The van der Waals surface area contributed by atoms with Gasteiger partial charge in [-0.3, -0.25) is 4.99 Å². The minimum absolute atomic E-state index is 0.955. The molecular weight excluding hydrogens is 154 g/mol. The zero-order chi connectivity index (χ0) is 8.74. The fourth-order valence-corrected chi connectivity index (χ4v) is 2.04. The molecule has 11 heavy (non-hydrogen) atoms. The third-order valence-corrected chi connectivity index (χ3v) is 4.46. The van der Waals surface area contributed by atoms with Crippen molar-refractivity contribution in [2.24, 2.45) is 4.99 Å². The summed E-state index contributed by atoms with van der Waals surface area (Å²) in [6.45, 7) is 7.39. The molecule has 0 N–H and O–H groups in total. The van der Waals surface area contributed by atoms with E-state index in [1.54, 1.807) is 0 Å². The van der Waals surface area contributed by atoms with Crippen molar-refractivity contribution in [1.82, 2.24) is 0 Å². The Morgan fingerprint density at radius 1 is 1.45 bits per heavy atom. The first kappa shape index (κ1) is 10.8. The molecule has 66 valence electrons. The fourth-order valence-electron chi connectivity index (χ4n) is 0.827. The van der Waals surface area contributed by atoms with E-state index in [1.165, 1.54) is 6.04 Å². The third-order valence-electron chi connectivity index (χ3n) is 1.80. The van der Waals surface area contributed by atoms with Gasteiger partial charge in [-0.15, -0.1) is 0 Å². The largest absolute Gasteiger partial charge is 0.420 e. The van der Waals surface area contributed by atoms with Gasteiger partial charge in [0.15, 0.2) is 8.32 Å². The van der Waals surface area contributed by atoms with E-state index in [2.05, 4.69) is 18.1 Å².